The van der Waals surface area contributed by atoms with E-state index in [1.807, 2.05) is 37.3 Å². The third kappa shape index (κ3) is 6.32. The van der Waals surface area contributed by atoms with Gasteiger partial charge in [-0.2, -0.15) is 5.10 Å². The Bertz CT molecular complexity index is 1430. The summed E-state index contributed by atoms with van der Waals surface area (Å²) >= 11 is 2.22. The number of benzene rings is 4. The van der Waals surface area contributed by atoms with Gasteiger partial charge in [-0.15, -0.1) is 0 Å². The molecule has 7 nitrogen and oxygen atoms in total. The zero-order valence-electron chi connectivity index (χ0n) is 20.8. The van der Waals surface area contributed by atoms with Crippen molar-refractivity contribution in [2.24, 2.45) is 5.10 Å². The number of hydrazone groups is 1. The Hall–Kier alpha value is -3.79. The van der Waals surface area contributed by atoms with Gasteiger partial charge in [-0.25, -0.2) is 5.43 Å². The summed E-state index contributed by atoms with van der Waals surface area (Å²) in [6.45, 7) is 2.81. The summed E-state index contributed by atoms with van der Waals surface area (Å²) in [5.74, 6) is 1.92. The molecular weight excluding hydrogens is 583 g/mol. The summed E-state index contributed by atoms with van der Waals surface area (Å²) < 4.78 is 23.5. The van der Waals surface area contributed by atoms with Gasteiger partial charge in [0.1, 0.15) is 6.61 Å². The van der Waals surface area contributed by atoms with Crippen molar-refractivity contribution in [2.45, 2.75) is 13.5 Å². The van der Waals surface area contributed by atoms with Gasteiger partial charge in [0, 0.05) is 5.56 Å². The van der Waals surface area contributed by atoms with E-state index in [0.29, 0.717) is 41.8 Å². The predicted octanol–water partition coefficient (Wildman–Crippen LogP) is 6.20. The number of nitrogens with one attached hydrogen (secondary N) is 1. The molecule has 1 amide bonds. The van der Waals surface area contributed by atoms with Crippen molar-refractivity contribution in [3.63, 3.8) is 0 Å². The monoisotopic (exact) mass is 610 g/mol. The van der Waals surface area contributed by atoms with Crippen LogP contribution < -0.4 is 24.4 Å². The molecule has 0 spiro atoms. The minimum atomic E-state index is -0.369. The molecule has 1 N–H and O–H groups in total. The number of carbonyl (C=O) groups is 1. The van der Waals surface area contributed by atoms with Crippen LogP contribution in [0.3, 0.4) is 0 Å². The van der Waals surface area contributed by atoms with E-state index in [1.165, 1.54) is 12.5 Å². The molecular formula is C29H27IN2O5. The van der Waals surface area contributed by atoms with Gasteiger partial charge >= 0.3 is 0 Å². The summed E-state index contributed by atoms with van der Waals surface area (Å²) in [4.78, 5) is 12.5. The third-order valence-corrected chi connectivity index (χ3v) is 6.41. The smallest absolute Gasteiger partial charge is 0.271 e. The normalized spacial score (nSPS) is 10.9. The number of hydrogen-bond donors (Lipinski definition) is 1. The highest BCUT2D eigenvalue weighted by atomic mass is 127. The SMILES string of the molecule is CCOc1cc(/C=N/NC(=O)c2ccc(OC)c(OC)c2)cc(I)c1OCc1cccc2ccccc12. The van der Waals surface area contributed by atoms with E-state index in [1.54, 1.807) is 31.5 Å². The van der Waals surface area contributed by atoms with Crippen molar-refractivity contribution in [1.82, 2.24) is 5.43 Å². The maximum absolute atomic E-state index is 12.5. The first kappa shape index (κ1) is 26.3. The number of ether oxygens (including phenoxy) is 4. The molecule has 0 unspecified atom stereocenters. The van der Waals surface area contributed by atoms with Crippen LogP contribution in [0.4, 0.5) is 0 Å². The Balaban J connectivity index is 1.49. The fourth-order valence-electron chi connectivity index (χ4n) is 3.84. The molecule has 0 heterocycles. The van der Waals surface area contributed by atoms with Crippen LogP contribution in [0.15, 0.2) is 77.9 Å². The van der Waals surface area contributed by atoms with Crippen LogP contribution in [-0.2, 0) is 6.61 Å². The highest BCUT2D eigenvalue weighted by Crippen LogP contribution is 2.35. The first-order valence-corrected chi connectivity index (χ1v) is 12.7. The van der Waals surface area contributed by atoms with Gasteiger partial charge in [-0.05, 0) is 81.7 Å². The Morgan fingerprint density at radius 2 is 1.70 bits per heavy atom. The van der Waals surface area contributed by atoms with Gasteiger partial charge in [0.2, 0.25) is 0 Å². The summed E-state index contributed by atoms with van der Waals surface area (Å²) in [6.07, 6.45) is 1.57. The van der Waals surface area contributed by atoms with Crippen LogP contribution in [0.2, 0.25) is 0 Å². The molecule has 0 saturated heterocycles. The zero-order valence-corrected chi connectivity index (χ0v) is 22.9. The van der Waals surface area contributed by atoms with Crippen molar-refractivity contribution < 1.29 is 23.7 Å². The first-order chi connectivity index (χ1) is 18.0. The number of fused-ring (bicyclic) bond motifs is 1. The van der Waals surface area contributed by atoms with Gasteiger partial charge in [0.05, 0.1) is 30.6 Å². The van der Waals surface area contributed by atoms with Crippen LogP contribution in [0.1, 0.15) is 28.4 Å². The third-order valence-electron chi connectivity index (χ3n) is 5.61. The first-order valence-electron chi connectivity index (χ1n) is 11.6. The summed E-state index contributed by atoms with van der Waals surface area (Å²) in [5.41, 5.74) is 4.80. The Kier molecular flexibility index (Phi) is 8.84. The van der Waals surface area contributed by atoms with E-state index < -0.39 is 0 Å². The van der Waals surface area contributed by atoms with Gasteiger partial charge in [-0.3, -0.25) is 4.79 Å². The van der Waals surface area contributed by atoms with E-state index >= 15 is 0 Å². The lowest BCUT2D eigenvalue weighted by atomic mass is 10.1. The van der Waals surface area contributed by atoms with Crippen molar-refractivity contribution in [3.05, 3.63) is 93.1 Å². The number of halogens is 1. The van der Waals surface area contributed by atoms with E-state index in [0.717, 1.165) is 20.1 Å². The highest BCUT2D eigenvalue weighted by molar-refractivity contribution is 14.1. The fourth-order valence-corrected chi connectivity index (χ4v) is 4.62. The molecule has 4 aromatic rings. The minimum absolute atomic E-state index is 0.369. The largest absolute Gasteiger partial charge is 0.493 e. The number of rotatable bonds is 10. The summed E-state index contributed by atoms with van der Waals surface area (Å²) in [7, 11) is 3.06. The molecule has 0 atom stereocenters. The molecule has 0 saturated carbocycles. The number of carbonyl (C=O) groups excluding carboxylic acids is 1. The number of amides is 1. The maximum atomic E-state index is 12.5. The molecule has 4 rings (SSSR count). The van der Waals surface area contributed by atoms with Crippen molar-refractivity contribution >= 4 is 45.5 Å². The molecule has 190 valence electrons. The van der Waals surface area contributed by atoms with Gasteiger partial charge in [-0.1, -0.05) is 42.5 Å². The molecule has 37 heavy (non-hydrogen) atoms. The van der Waals surface area contributed by atoms with Crippen LogP contribution in [0.5, 0.6) is 23.0 Å². The van der Waals surface area contributed by atoms with Gasteiger partial charge in [0.25, 0.3) is 5.91 Å². The molecule has 0 aliphatic heterocycles. The van der Waals surface area contributed by atoms with E-state index in [-0.39, 0.29) is 5.91 Å². The Labute approximate surface area is 229 Å². The lowest BCUT2D eigenvalue weighted by Gasteiger charge is -2.15. The van der Waals surface area contributed by atoms with Crippen molar-refractivity contribution in [1.29, 1.82) is 0 Å². The molecule has 4 aromatic carbocycles. The van der Waals surface area contributed by atoms with Gasteiger partial charge < -0.3 is 18.9 Å². The second-order valence-corrected chi connectivity index (χ2v) is 9.12. The lowest BCUT2D eigenvalue weighted by molar-refractivity contribution is 0.0954. The van der Waals surface area contributed by atoms with Crippen molar-refractivity contribution in [2.75, 3.05) is 20.8 Å². The van der Waals surface area contributed by atoms with Crippen LogP contribution >= 0.6 is 22.6 Å². The Morgan fingerprint density at radius 3 is 2.49 bits per heavy atom. The standard InChI is InChI=1S/C29H27IN2O5/c1-4-36-27-15-19(17-31-32-29(33)21-12-13-25(34-2)26(16-21)35-3)14-24(30)28(27)37-18-22-10-7-9-20-8-5-6-11-23(20)22/h5-17H,4,18H2,1-3H3,(H,32,33)/b31-17+. The second-order valence-electron chi connectivity index (χ2n) is 7.96. The highest BCUT2D eigenvalue weighted by Gasteiger charge is 2.14. The van der Waals surface area contributed by atoms with E-state index in [9.17, 15) is 4.79 Å². The van der Waals surface area contributed by atoms with Crippen LogP contribution in [0, 0.1) is 3.57 Å². The molecule has 0 radical (unpaired) electrons. The quantitative estimate of drug-likeness (QED) is 0.131. The molecule has 0 fully saturated rings. The summed E-state index contributed by atoms with van der Waals surface area (Å²) in [6, 6.07) is 23.1. The average molecular weight is 610 g/mol. The topological polar surface area (TPSA) is 78.4 Å². The van der Waals surface area contributed by atoms with Gasteiger partial charge in [0.15, 0.2) is 23.0 Å². The molecule has 8 heteroatoms. The molecule has 0 aliphatic rings. The summed E-state index contributed by atoms with van der Waals surface area (Å²) in [5, 5.41) is 6.45. The van der Waals surface area contributed by atoms with Crippen LogP contribution in [0.25, 0.3) is 10.8 Å². The van der Waals surface area contributed by atoms with E-state index in [2.05, 4.69) is 57.4 Å². The Morgan fingerprint density at radius 1 is 0.919 bits per heavy atom. The average Bonchev–Trinajstić information content (AvgIpc) is 2.92. The lowest BCUT2D eigenvalue weighted by Crippen LogP contribution is -2.17. The second kappa shape index (κ2) is 12.4. The van der Waals surface area contributed by atoms with Crippen LogP contribution in [-0.4, -0.2) is 32.9 Å². The van der Waals surface area contributed by atoms with Crippen molar-refractivity contribution in [3.8, 4) is 23.0 Å². The number of nitrogens with zero attached hydrogens (tertiary/aromatic N) is 1. The number of hydrogen-bond acceptors (Lipinski definition) is 6. The van der Waals surface area contributed by atoms with E-state index in [4.69, 9.17) is 18.9 Å². The maximum Gasteiger partial charge on any atom is 0.271 e. The predicted molar refractivity (Wildman–Crippen MR) is 153 cm³/mol. The zero-order chi connectivity index (χ0) is 26.2. The molecule has 0 aromatic heterocycles. The fraction of sp³-hybridized carbons (Fsp3) is 0.172. The number of methoxy groups -OCH3 is 2. The molecule has 0 bridgehead atoms. The molecule has 0 aliphatic carbocycles. The minimum Gasteiger partial charge on any atom is -0.493 e.